The molecule has 1 unspecified atom stereocenters. The molecule has 1 saturated carbocycles. The molecule has 1 aromatic rings. The summed E-state index contributed by atoms with van der Waals surface area (Å²) < 4.78 is 27.6. The molecular weight excluding hydrogens is 420 g/mol. The highest BCUT2D eigenvalue weighted by Crippen LogP contribution is 2.33. The van der Waals surface area contributed by atoms with Crippen molar-refractivity contribution in [3.8, 4) is 11.8 Å². The van der Waals surface area contributed by atoms with Crippen molar-refractivity contribution in [3.63, 3.8) is 0 Å². The lowest BCUT2D eigenvalue weighted by Gasteiger charge is -2.30. The third kappa shape index (κ3) is 5.26. The molecule has 1 aliphatic carbocycles. The van der Waals surface area contributed by atoms with Crippen molar-refractivity contribution in [1.82, 2.24) is 5.48 Å². The molecule has 9 heteroatoms. The first-order chi connectivity index (χ1) is 14.7. The van der Waals surface area contributed by atoms with E-state index < -0.39 is 26.6 Å². The van der Waals surface area contributed by atoms with Gasteiger partial charge in [-0.3, -0.25) is 10.0 Å². The monoisotopic (exact) mass is 448 g/mol. The van der Waals surface area contributed by atoms with Crippen LogP contribution in [0, 0.1) is 23.7 Å². The second kappa shape index (κ2) is 9.39. The van der Waals surface area contributed by atoms with Gasteiger partial charge < -0.3 is 9.57 Å². The summed E-state index contributed by atoms with van der Waals surface area (Å²) >= 11 is 0. The zero-order valence-corrected chi connectivity index (χ0v) is 18.7. The first-order valence-corrected chi connectivity index (χ1v) is 12.0. The van der Waals surface area contributed by atoms with Gasteiger partial charge in [0.2, 0.25) is 0 Å². The second-order valence-corrected chi connectivity index (χ2v) is 10.9. The Hall–Kier alpha value is -2.41. The van der Waals surface area contributed by atoms with Crippen molar-refractivity contribution < 1.29 is 28.0 Å². The maximum atomic E-state index is 12.1. The summed E-state index contributed by atoms with van der Waals surface area (Å²) in [5, 5.41) is 13.0. The molecule has 3 rings (SSSR count). The molecule has 2 atom stereocenters. The maximum absolute atomic E-state index is 12.1. The van der Waals surface area contributed by atoms with Crippen LogP contribution in [0.5, 0.6) is 0 Å². The van der Waals surface area contributed by atoms with Gasteiger partial charge in [-0.25, -0.2) is 13.9 Å². The van der Waals surface area contributed by atoms with Crippen molar-refractivity contribution in [2.75, 3.05) is 20.0 Å². The number of hydroxylamine groups is 1. The molecule has 8 nitrogen and oxygen atoms in total. The lowest BCUT2D eigenvalue weighted by molar-refractivity contribution is -0.132. The molecule has 0 spiro atoms. The number of carbonyl (C=O) groups is 1. The Labute approximate surface area is 182 Å². The number of sulfone groups is 1. The van der Waals surface area contributed by atoms with Gasteiger partial charge in [0.15, 0.2) is 14.6 Å². The number of nitrogens with zero attached hydrogens (tertiary/aromatic N) is 1. The van der Waals surface area contributed by atoms with Crippen molar-refractivity contribution >= 4 is 21.5 Å². The molecular formula is C22H28N2O6S. The summed E-state index contributed by atoms with van der Waals surface area (Å²) in [5.74, 6) is 6.56. The predicted molar refractivity (Wildman–Crippen MR) is 115 cm³/mol. The lowest BCUT2D eigenvalue weighted by Crippen LogP contribution is -2.51. The molecule has 0 bridgehead atoms. The van der Waals surface area contributed by atoms with E-state index in [0.717, 1.165) is 36.8 Å². The van der Waals surface area contributed by atoms with Crippen LogP contribution < -0.4 is 5.48 Å². The Morgan fingerprint density at radius 3 is 2.61 bits per heavy atom. The van der Waals surface area contributed by atoms with Gasteiger partial charge in [0.25, 0.3) is 5.91 Å². The first kappa shape index (κ1) is 23.3. The van der Waals surface area contributed by atoms with Crippen LogP contribution in [-0.2, 0) is 24.2 Å². The van der Waals surface area contributed by atoms with Crippen LogP contribution in [0.2, 0.25) is 0 Å². The Morgan fingerprint density at radius 1 is 1.35 bits per heavy atom. The zero-order valence-electron chi connectivity index (χ0n) is 17.9. The molecule has 168 valence electrons. The highest BCUT2D eigenvalue weighted by Gasteiger charge is 2.47. The molecule has 31 heavy (non-hydrogen) atoms. The van der Waals surface area contributed by atoms with E-state index in [9.17, 15) is 13.2 Å². The number of amides is 1. The molecule has 1 fully saturated rings. The smallest absolute Gasteiger partial charge is 0.264 e. The van der Waals surface area contributed by atoms with Crippen molar-refractivity contribution in [1.29, 1.82) is 0 Å². The lowest BCUT2D eigenvalue weighted by atomic mass is 9.76. The SMILES string of the molecule is COCC1CC(C#Cc2ccc(C3=NO[C@@H](CC(C)(C(=O)NO)S(C)(=O)=O)C3)cc2)C1. The van der Waals surface area contributed by atoms with Crippen molar-refractivity contribution in [2.45, 2.75) is 43.5 Å². The quantitative estimate of drug-likeness (QED) is 0.374. The van der Waals surface area contributed by atoms with Crippen molar-refractivity contribution in [3.05, 3.63) is 35.4 Å². The van der Waals surface area contributed by atoms with Crippen LogP contribution in [0.15, 0.2) is 29.4 Å². The van der Waals surface area contributed by atoms with E-state index in [1.165, 1.54) is 12.4 Å². The van der Waals surface area contributed by atoms with Crippen LogP contribution in [0.3, 0.4) is 0 Å². The minimum atomic E-state index is -3.79. The maximum Gasteiger partial charge on any atom is 0.264 e. The summed E-state index contributed by atoms with van der Waals surface area (Å²) in [6.45, 7) is 2.06. The van der Waals surface area contributed by atoms with Crippen LogP contribution in [0.25, 0.3) is 0 Å². The number of oxime groups is 1. The minimum Gasteiger partial charge on any atom is -0.392 e. The van der Waals surface area contributed by atoms with Gasteiger partial charge in [0.1, 0.15) is 6.10 Å². The van der Waals surface area contributed by atoms with Crippen LogP contribution in [-0.4, -0.2) is 56.1 Å². The van der Waals surface area contributed by atoms with Gasteiger partial charge in [-0.15, -0.1) is 0 Å². The van der Waals surface area contributed by atoms with Crippen LogP contribution >= 0.6 is 0 Å². The van der Waals surface area contributed by atoms with Gasteiger partial charge in [-0.05, 0) is 43.4 Å². The standard InChI is InChI=1S/C22H28N2O6S/c1-22(21(25)23-26,31(3,27)28)13-19-12-20(24-30-19)18-8-6-15(7-9-18)4-5-16-10-17(11-16)14-29-2/h6-9,16-17,19,26H,10-14H2,1-3H3,(H,23,25)/t16?,17?,19-,22?/m1/s1. The van der Waals surface area contributed by atoms with Gasteiger partial charge in [0.05, 0.1) is 5.71 Å². The number of hydrogen-bond donors (Lipinski definition) is 2. The van der Waals surface area contributed by atoms with Crippen molar-refractivity contribution in [2.24, 2.45) is 17.0 Å². The Morgan fingerprint density at radius 2 is 2.03 bits per heavy atom. The number of rotatable bonds is 7. The fourth-order valence-electron chi connectivity index (χ4n) is 3.83. The normalized spacial score (nSPS) is 24.6. The van der Waals surface area contributed by atoms with Crippen LogP contribution in [0.4, 0.5) is 0 Å². The number of nitrogens with one attached hydrogen (secondary N) is 1. The van der Waals surface area contributed by atoms with E-state index in [2.05, 4.69) is 17.0 Å². The topological polar surface area (TPSA) is 114 Å². The highest BCUT2D eigenvalue weighted by molar-refractivity contribution is 7.92. The zero-order chi connectivity index (χ0) is 22.6. The average Bonchev–Trinajstić information content (AvgIpc) is 3.16. The third-order valence-electron chi connectivity index (χ3n) is 6.03. The van der Waals surface area contributed by atoms with E-state index in [4.69, 9.17) is 14.8 Å². The van der Waals surface area contributed by atoms with Gasteiger partial charge >= 0.3 is 0 Å². The van der Waals surface area contributed by atoms with E-state index in [0.29, 0.717) is 24.0 Å². The fourth-order valence-corrected chi connectivity index (χ4v) is 4.70. The minimum absolute atomic E-state index is 0.125. The predicted octanol–water partition coefficient (Wildman–Crippen LogP) is 1.90. The van der Waals surface area contributed by atoms with Gasteiger partial charge in [0, 0.05) is 44.3 Å². The molecule has 1 heterocycles. The number of hydrogen-bond acceptors (Lipinski definition) is 7. The Balaban J connectivity index is 1.59. The molecule has 0 aromatic heterocycles. The summed E-state index contributed by atoms with van der Waals surface area (Å²) in [4.78, 5) is 17.4. The second-order valence-electron chi connectivity index (χ2n) is 8.45. The number of carbonyl (C=O) groups excluding carboxylic acids is 1. The number of methoxy groups -OCH3 is 1. The molecule has 0 saturated heterocycles. The third-order valence-corrected chi connectivity index (χ3v) is 8.02. The largest absolute Gasteiger partial charge is 0.392 e. The van der Waals surface area contributed by atoms with E-state index >= 15 is 0 Å². The summed E-state index contributed by atoms with van der Waals surface area (Å²) in [5.41, 5.74) is 3.88. The number of ether oxygens (including phenoxy) is 1. The Kier molecular flexibility index (Phi) is 7.04. The first-order valence-electron chi connectivity index (χ1n) is 10.1. The molecule has 2 aliphatic rings. The molecule has 1 aliphatic heterocycles. The van der Waals surface area contributed by atoms with Gasteiger partial charge in [-0.2, -0.15) is 0 Å². The average molecular weight is 449 g/mol. The van der Waals surface area contributed by atoms with Crippen LogP contribution in [0.1, 0.15) is 43.7 Å². The molecule has 1 aromatic carbocycles. The molecule has 1 amide bonds. The van der Waals surface area contributed by atoms with E-state index in [1.54, 1.807) is 7.11 Å². The van der Waals surface area contributed by atoms with E-state index in [-0.39, 0.29) is 6.42 Å². The molecule has 0 radical (unpaired) electrons. The Bertz CT molecular complexity index is 1000. The fraction of sp³-hybridized carbons (Fsp3) is 0.545. The molecule has 2 N–H and O–H groups in total. The number of benzene rings is 1. The summed E-state index contributed by atoms with van der Waals surface area (Å²) in [6, 6.07) is 7.64. The highest BCUT2D eigenvalue weighted by atomic mass is 32.2. The van der Waals surface area contributed by atoms with E-state index in [1.807, 2.05) is 24.3 Å². The summed E-state index contributed by atoms with van der Waals surface area (Å²) in [6.07, 6.45) is 2.76. The van der Waals surface area contributed by atoms with Gasteiger partial charge in [-0.1, -0.05) is 29.1 Å². The summed E-state index contributed by atoms with van der Waals surface area (Å²) in [7, 11) is -2.07.